The van der Waals surface area contributed by atoms with Gasteiger partial charge in [0, 0.05) is 44.0 Å². The fourth-order valence-corrected chi connectivity index (χ4v) is 4.60. The molecule has 4 rings (SSSR count). The summed E-state index contributed by atoms with van der Waals surface area (Å²) in [5.41, 5.74) is 4.26. The Bertz CT molecular complexity index is 853. The van der Waals surface area contributed by atoms with Crippen molar-refractivity contribution in [3.8, 4) is 5.75 Å². The zero-order valence-corrected chi connectivity index (χ0v) is 17.6. The van der Waals surface area contributed by atoms with E-state index in [-0.39, 0.29) is 5.91 Å². The molecule has 2 aromatic rings. The maximum absolute atomic E-state index is 13.2. The summed E-state index contributed by atoms with van der Waals surface area (Å²) >= 11 is 0. The number of fused-ring (bicyclic) bond motifs is 1. The molecular weight excluding hydrogens is 364 g/mol. The molecule has 0 bridgehead atoms. The van der Waals surface area contributed by atoms with E-state index in [0.29, 0.717) is 11.7 Å². The SMILES string of the molecule is COc1cccc(CNC2CCc3c(c(C(=O)N4CCCCCC4)nn3C)C2)c1. The molecule has 0 saturated carbocycles. The van der Waals surface area contributed by atoms with Gasteiger partial charge in [0.05, 0.1) is 7.11 Å². The molecule has 156 valence electrons. The first-order valence-corrected chi connectivity index (χ1v) is 10.9. The fourth-order valence-electron chi connectivity index (χ4n) is 4.60. The van der Waals surface area contributed by atoms with E-state index in [0.717, 1.165) is 63.1 Å². The predicted octanol–water partition coefficient (Wildman–Crippen LogP) is 3.09. The Balaban J connectivity index is 1.45. The van der Waals surface area contributed by atoms with E-state index in [9.17, 15) is 4.79 Å². The highest BCUT2D eigenvalue weighted by atomic mass is 16.5. The summed E-state index contributed by atoms with van der Waals surface area (Å²) in [6.45, 7) is 2.52. The van der Waals surface area contributed by atoms with E-state index in [2.05, 4.69) is 22.5 Å². The number of hydrogen-bond acceptors (Lipinski definition) is 4. The summed E-state index contributed by atoms with van der Waals surface area (Å²) in [6.07, 6.45) is 7.54. The number of carbonyl (C=O) groups excluding carboxylic acids is 1. The van der Waals surface area contributed by atoms with Gasteiger partial charge in [-0.3, -0.25) is 9.48 Å². The van der Waals surface area contributed by atoms with E-state index in [1.54, 1.807) is 7.11 Å². The lowest BCUT2D eigenvalue weighted by molar-refractivity contribution is 0.0753. The van der Waals surface area contributed by atoms with Crippen LogP contribution < -0.4 is 10.1 Å². The van der Waals surface area contributed by atoms with Gasteiger partial charge in [-0.2, -0.15) is 5.10 Å². The molecule has 1 aliphatic carbocycles. The van der Waals surface area contributed by atoms with Crippen LogP contribution in [0.4, 0.5) is 0 Å². The van der Waals surface area contributed by atoms with Crippen molar-refractivity contribution in [3.63, 3.8) is 0 Å². The van der Waals surface area contributed by atoms with Gasteiger partial charge in [-0.15, -0.1) is 0 Å². The summed E-state index contributed by atoms with van der Waals surface area (Å²) in [5.74, 6) is 1.00. The van der Waals surface area contributed by atoms with Gasteiger partial charge in [-0.25, -0.2) is 0 Å². The van der Waals surface area contributed by atoms with Gasteiger partial charge < -0.3 is 15.0 Å². The number of rotatable bonds is 5. The van der Waals surface area contributed by atoms with Crippen LogP contribution >= 0.6 is 0 Å². The third kappa shape index (κ3) is 4.47. The highest BCUT2D eigenvalue weighted by molar-refractivity contribution is 5.94. The second-order valence-corrected chi connectivity index (χ2v) is 8.28. The van der Waals surface area contributed by atoms with Gasteiger partial charge in [0.25, 0.3) is 5.91 Å². The molecule has 1 aromatic carbocycles. The van der Waals surface area contributed by atoms with Crippen molar-refractivity contribution in [2.75, 3.05) is 20.2 Å². The molecule has 1 amide bonds. The molecule has 1 atom stereocenters. The van der Waals surface area contributed by atoms with Crippen LogP contribution in [0.15, 0.2) is 24.3 Å². The van der Waals surface area contributed by atoms with E-state index < -0.39 is 0 Å². The van der Waals surface area contributed by atoms with Gasteiger partial charge in [-0.05, 0) is 49.8 Å². The number of nitrogens with one attached hydrogen (secondary N) is 1. The lowest BCUT2D eigenvalue weighted by Gasteiger charge is -2.25. The maximum Gasteiger partial charge on any atom is 0.274 e. The van der Waals surface area contributed by atoms with Crippen molar-refractivity contribution >= 4 is 5.91 Å². The molecule has 1 fully saturated rings. The molecule has 6 heteroatoms. The van der Waals surface area contributed by atoms with E-state index >= 15 is 0 Å². The van der Waals surface area contributed by atoms with Crippen molar-refractivity contribution in [1.29, 1.82) is 0 Å². The molecule has 6 nitrogen and oxygen atoms in total. The minimum atomic E-state index is 0.122. The van der Waals surface area contributed by atoms with Crippen molar-refractivity contribution in [2.24, 2.45) is 7.05 Å². The molecule has 1 N–H and O–H groups in total. The van der Waals surface area contributed by atoms with Crippen LogP contribution in [0, 0.1) is 0 Å². The largest absolute Gasteiger partial charge is 0.497 e. The average molecular weight is 397 g/mol. The molecule has 29 heavy (non-hydrogen) atoms. The Hall–Kier alpha value is -2.34. The van der Waals surface area contributed by atoms with Gasteiger partial charge in [0.2, 0.25) is 0 Å². The zero-order chi connectivity index (χ0) is 20.2. The highest BCUT2D eigenvalue weighted by Crippen LogP contribution is 2.26. The number of carbonyl (C=O) groups is 1. The first-order valence-electron chi connectivity index (χ1n) is 10.9. The van der Waals surface area contributed by atoms with Crippen molar-refractivity contribution in [2.45, 2.75) is 57.5 Å². The van der Waals surface area contributed by atoms with Crippen molar-refractivity contribution in [3.05, 3.63) is 46.8 Å². The minimum Gasteiger partial charge on any atom is -0.497 e. The zero-order valence-electron chi connectivity index (χ0n) is 17.6. The lowest BCUT2D eigenvalue weighted by Crippen LogP contribution is -2.36. The van der Waals surface area contributed by atoms with E-state index in [4.69, 9.17) is 4.74 Å². The number of nitrogens with zero attached hydrogens (tertiary/aromatic N) is 3. The molecule has 2 aliphatic rings. The van der Waals surface area contributed by atoms with Crippen molar-refractivity contribution < 1.29 is 9.53 Å². The maximum atomic E-state index is 13.2. The first kappa shape index (κ1) is 20.0. The van der Waals surface area contributed by atoms with Crippen LogP contribution in [0.1, 0.15) is 59.4 Å². The number of benzene rings is 1. The summed E-state index contributed by atoms with van der Waals surface area (Å²) < 4.78 is 7.25. The minimum absolute atomic E-state index is 0.122. The third-order valence-corrected chi connectivity index (χ3v) is 6.28. The lowest BCUT2D eigenvalue weighted by atomic mass is 9.91. The van der Waals surface area contributed by atoms with Crippen LogP contribution in [0.25, 0.3) is 0 Å². The number of hydrogen-bond donors (Lipinski definition) is 1. The number of amides is 1. The average Bonchev–Trinajstić information content (AvgIpc) is 2.92. The summed E-state index contributed by atoms with van der Waals surface area (Å²) in [6, 6.07) is 8.52. The smallest absolute Gasteiger partial charge is 0.274 e. The van der Waals surface area contributed by atoms with Gasteiger partial charge >= 0.3 is 0 Å². The Morgan fingerprint density at radius 1 is 1.24 bits per heavy atom. The Morgan fingerprint density at radius 2 is 2.03 bits per heavy atom. The van der Waals surface area contributed by atoms with Crippen LogP contribution in [0.2, 0.25) is 0 Å². The highest BCUT2D eigenvalue weighted by Gasteiger charge is 2.30. The fraction of sp³-hybridized carbons (Fsp3) is 0.565. The number of methoxy groups -OCH3 is 1. The summed E-state index contributed by atoms with van der Waals surface area (Å²) in [4.78, 5) is 15.2. The van der Waals surface area contributed by atoms with Crippen LogP contribution in [-0.4, -0.2) is 46.8 Å². The van der Waals surface area contributed by atoms with Crippen LogP contribution in [0.5, 0.6) is 5.75 Å². The third-order valence-electron chi connectivity index (χ3n) is 6.28. The molecule has 1 aliphatic heterocycles. The summed E-state index contributed by atoms with van der Waals surface area (Å²) in [7, 11) is 3.67. The quantitative estimate of drug-likeness (QED) is 0.844. The molecule has 1 saturated heterocycles. The van der Waals surface area contributed by atoms with Crippen LogP contribution in [-0.2, 0) is 26.4 Å². The normalized spacial score (nSPS) is 19.5. The van der Waals surface area contributed by atoms with E-state index in [1.165, 1.54) is 24.1 Å². The van der Waals surface area contributed by atoms with Gasteiger partial charge in [0.15, 0.2) is 5.69 Å². The Labute approximate surface area is 173 Å². The molecule has 1 aromatic heterocycles. The Morgan fingerprint density at radius 3 is 2.79 bits per heavy atom. The molecular formula is C23H32N4O2. The summed E-state index contributed by atoms with van der Waals surface area (Å²) in [5, 5.41) is 8.33. The standard InChI is InChI=1S/C23H32N4O2/c1-26-21-11-10-18(24-16-17-8-7-9-19(14-17)29-2)15-20(21)22(25-26)23(28)27-12-5-3-4-6-13-27/h7-9,14,18,24H,3-6,10-13,15-16H2,1-2H3. The number of aryl methyl sites for hydroxylation is 1. The van der Waals surface area contributed by atoms with E-state index in [1.807, 2.05) is 28.8 Å². The monoisotopic (exact) mass is 396 g/mol. The topological polar surface area (TPSA) is 59.4 Å². The van der Waals surface area contributed by atoms with Crippen molar-refractivity contribution in [1.82, 2.24) is 20.0 Å². The van der Waals surface area contributed by atoms with Crippen LogP contribution in [0.3, 0.4) is 0 Å². The van der Waals surface area contributed by atoms with Gasteiger partial charge in [-0.1, -0.05) is 25.0 Å². The Kier molecular flexibility index (Phi) is 6.19. The molecule has 2 heterocycles. The second-order valence-electron chi connectivity index (χ2n) is 8.28. The predicted molar refractivity (Wildman–Crippen MR) is 113 cm³/mol. The number of ether oxygens (including phenoxy) is 1. The first-order chi connectivity index (χ1) is 14.2. The number of likely N-dealkylation sites (tertiary alicyclic amines) is 1. The second kappa shape index (κ2) is 8.99. The number of aromatic nitrogens is 2. The molecule has 0 radical (unpaired) electrons. The molecule has 0 spiro atoms. The molecule has 1 unspecified atom stereocenters. The van der Waals surface area contributed by atoms with Gasteiger partial charge in [0.1, 0.15) is 5.75 Å².